The molecule has 0 radical (unpaired) electrons. The molecular formula is C26H28N6O. The first-order chi connectivity index (χ1) is 16.3. The molecule has 2 heterocycles. The standard InChI is InChI=1S/C26H28N6O/c33-26(29-24-15-7-6-14-23(24)21-11-4-3-5-12-21)28-17-8-1-2-9-18-32-20-25(30-31-32)22-13-10-16-27-19-22/h3-7,10-16,19-20H,1-2,8-9,17-18H2,(H2,28,29,33). The lowest BCUT2D eigenvalue weighted by molar-refractivity contribution is 0.252. The third-order valence-corrected chi connectivity index (χ3v) is 5.36. The predicted octanol–water partition coefficient (Wildman–Crippen LogP) is 5.39. The molecule has 0 bridgehead atoms. The molecule has 0 spiro atoms. The highest BCUT2D eigenvalue weighted by Gasteiger charge is 2.07. The smallest absolute Gasteiger partial charge is 0.319 e. The molecule has 33 heavy (non-hydrogen) atoms. The lowest BCUT2D eigenvalue weighted by atomic mass is 10.0. The van der Waals surface area contributed by atoms with Gasteiger partial charge in [0.2, 0.25) is 0 Å². The second-order valence-electron chi connectivity index (χ2n) is 7.82. The van der Waals surface area contributed by atoms with Gasteiger partial charge in [0, 0.05) is 36.6 Å². The van der Waals surface area contributed by atoms with Crippen molar-refractivity contribution >= 4 is 11.7 Å². The molecule has 0 atom stereocenters. The molecule has 2 aromatic heterocycles. The van der Waals surface area contributed by atoms with E-state index in [0.29, 0.717) is 6.54 Å². The van der Waals surface area contributed by atoms with Crippen molar-refractivity contribution in [3.8, 4) is 22.4 Å². The van der Waals surface area contributed by atoms with Gasteiger partial charge in [-0.3, -0.25) is 9.67 Å². The minimum absolute atomic E-state index is 0.177. The average molecular weight is 441 g/mol. The summed E-state index contributed by atoms with van der Waals surface area (Å²) in [6.45, 7) is 1.48. The van der Waals surface area contributed by atoms with E-state index >= 15 is 0 Å². The Morgan fingerprint density at radius 3 is 2.48 bits per heavy atom. The number of anilines is 1. The number of benzene rings is 2. The van der Waals surface area contributed by atoms with E-state index in [-0.39, 0.29) is 6.03 Å². The Kier molecular flexibility index (Phi) is 7.79. The van der Waals surface area contributed by atoms with Crippen LogP contribution in [0.15, 0.2) is 85.3 Å². The number of aromatic nitrogens is 4. The summed E-state index contributed by atoms with van der Waals surface area (Å²) in [5.41, 5.74) is 4.70. The number of carbonyl (C=O) groups excluding carboxylic acids is 1. The Hall–Kier alpha value is -4.00. The van der Waals surface area contributed by atoms with E-state index < -0.39 is 0 Å². The number of carbonyl (C=O) groups is 1. The molecular weight excluding hydrogens is 412 g/mol. The van der Waals surface area contributed by atoms with Crippen LogP contribution in [0.3, 0.4) is 0 Å². The predicted molar refractivity (Wildman–Crippen MR) is 131 cm³/mol. The molecule has 2 N–H and O–H groups in total. The van der Waals surface area contributed by atoms with Crippen LogP contribution in [0.25, 0.3) is 22.4 Å². The number of nitrogens with zero attached hydrogens (tertiary/aromatic N) is 4. The first-order valence-electron chi connectivity index (χ1n) is 11.3. The van der Waals surface area contributed by atoms with Crippen molar-refractivity contribution in [2.45, 2.75) is 32.2 Å². The maximum atomic E-state index is 12.3. The third-order valence-electron chi connectivity index (χ3n) is 5.36. The first-order valence-corrected chi connectivity index (χ1v) is 11.3. The van der Waals surface area contributed by atoms with Crippen molar-refractivity contribution in [2.75, 3.05) is 11.9 Å². The Labute approximate surface area is 193 Å². The normalized spacial score (nSPS) is 10.7. The lowest BCUT2D eigenvalue weighted by Crippen LogP contribution is -2.29. The number of pyridine rings is 1. The largest absolute Gasteiger partial charge is 0.338 e. The zero-order valence-corrected chi connectivity index (χ0v) is 18.5. The van der Waals surface area contributed by atoms with Gasteiger partial charge in [0.15, 0.2) is 0 Å². The van der Waals surface area contributed by atoms with Crippen LogP contribution in [0, 0.1) is 0 Å². The zero-order valence-electron chi connectivity index (χ0n) is 18.5. The number of hydrogen-bond donors (Lipinski definition) is 2. The van der Waals surface area contributed by atoms with Crippen LogP contribution in [0.4, 0.5) is 10.5 Å². The number of unbranched alkanes of at least 4 members (excludes halogenated alkanes) is 3. The monoisotopic (exact) mass is 440 g/mol. The second kappa shape index (κ2) is 11.6. The summed E-state index contributed by atoms with van der Waals surface area (Å²) < 4.78 is 1.87. The summed E-state index contributed by atoms with van der Waals surface area (Å²) >= 11 is 0. The fourth-order valence-electron chi connectivity index (χ4n) is 3.64. The molecule has 0 unspecified atom stereocenters. The number of urea groups is 1. The van der Waals surface area contributed by atoms with Gasteiger partial charge < -0.3 is 10.6 Å². The van der Waals surface area contributed by atoms with Gasteiger partial charge in [-0.1, -0.05) is 66.6 Å². The number of rotatable bonds is 10. The van der Waals surface area contributed by atoms with E-state index in [1.165, 1.54) is 0 Å². The molecule has 2 amide bonds. The molecule has 4 aromatic rings. The topological polar surface area (TPSA) is 84.7 Å². The fourth-order valence-corrected chi connectivity index (χ4v) is 3.64. The van der Waals surface area contributed by atoms with Gasteiger partial charge in [-0.25, -0.2) is 4.79 Å². The van der Waals surface area contributed by atoms with Crippen molar-refractivity contribution in [3.05, 3.63) is 85.3 Å². The van der Waals surface area contributed by atoms with E-state index in [9.17, 15) is 4.79 Å². The maximum absolute atomic E-state index is 12.3. The van der Waals surface area contributed by atoms with Gasteiger partial charge in [0.1, 0.15) is 5.69 Å². The Morgan fingerprint density at radius 1 is 0.848 bits per heavy atom. The molecule has 0 aliphatic carbocycles. The minimum Gasteiger partial charge on any atom is -0.338 e. The van der Waals surface area contributed by atoms with Gasteiger partial charge in [0.05, 0.1) is 11.9 Å². The number of aryl methyl sites for hydroxylation is 1. The van der Waals surface area contributed by atoms with E-state index in [1.807, 2.05) is 77.6 Å². The lowest BCUT2D eigenvalue weighted by Gasteiger charge is -2.12. The Morgan fingerprint density at radius 2 is 1.64 bits per heavy atom. The molecule has 2 aromatic carbocycles. The number of para-hydroxylation sites is 1. The molecule has 7 heteroatoms. The molecule has 0 fully saturated rings. The van der Waals surface area contributed by atoms with Gasteiger partial charge in [-0.05, 0) is 36.6 Å². The van der Waals surface area contributed by atoms with Gasteiger partial charge in [-0.15, -0.1) is 5.10 Å². The van der Waals surface area contributed by atoms with Crippen LogP contribution >= 0.6 is 0 Å². The van der Waals surface area contributed by atoms with Crippen molar-refractivity contribution in [3.63, 3.8) is 0 Å². The minimum atomic E-state index is -0.177. The molecule has 0 saturated carbocycles. The first kappa shape index (κ1) is 22.2. The quantitative estimate of drug-likeness (QED) is 0.324. The van der Waals surface area contributed by atoms with E-state index in [2.05, 4.69) is 25.9 Å². The Bertz CT molecular complexity index is 1140. The van der Waals surface area contributed by atoms with Crippen LogP contribution in [0.1, 0.15) is 25.7 Å². The number of hydrogen-bond acceptors (Lipinski definition) is 4. The summed E-state index contributed by atoms with van der Waals surface area (Å²) in [6.07, 6.45) is 9.57. The summed E-state index contributed by atoms with van der Waals surface area (Å²) in [7, 11) is 0. The number of nitrogens with one attached hydrogen (secondary N) is 2. The van der Waals surface area contributed by atoms with Crippen molar-refractivity contribution in [1.82, 2.24) is 25.3 Å². The summed E-state index contributed by atoms with van der Waals surface area (Å²) in [5.74, 6) is 0. The van der Waals surface area contributed by atoms with Crippen molar-refractivity contribution in [2.24, 2.45) is 0 Å². The highest BCUT2D eigenvalue weighted by Crippen LogP contribution is 2.27. The SMILES string of the molecule is O=C(NCCCCCCn1cc(-c2cccnc2)nn1)Nc1ccccc1-c1ccccc1. The molecule has 0 aliphatic rings. The van der Waals surface area contributed by atoms with E-state index in [4.69, 9.17) is 0 Å². The van der Waals surface area contributed by atoms with Crippen molar-refractivity contribution in [1.29, 1.82) is 0 Å². The van der Waals surface area contributed by atoms with Gasteiger partial charge >= 0.3 is 6.03 Å². The molecule has 0 aliphatic heterocycles. The number of amides is 2. The fraction of sp³-hybridized carbons (Fsp3) is 0.231. The van der Waals surface area contributed by atoms with E-state index in [0.717, 1.165) is 60.3 Å². The molecule has 7 nitrogen and oxygen atoms in total. The van der Waals surface area contributed by atoms with Crippen LogP contribution in [0.2, 0.25) is 0 Å². The van der Waals surface area contributed by atoms with E-state index in [1.54, 1.807) is 12.4 Å². The van der Waals surface area contributed by atoms with Gasteiger partial charge in [-0.2, -0.15) is 0 Å². The van der Waals surface area contributed by atoms with Crippen LogP contribution in [0.5, 0.6) is 0 Å². The average Bonchev–Trinajstić information content (AvgIpc) is 3.34. The van der Waals surface area contributed by atoms with Crippen LogP contribution in [-0.2, 0) is 6.54 Å². The third kappa shape index (κ3) is 6.49. The van der Waals surface area contributed by atoms with Crippen molar-refractivity contribution < 1.29 is 4.79 Å². The summed E-state index contributed by atoms with van der Waals surface area (Å²) in [4.78, 5) is 16.5. The van der Waals surface area contributed by atoms with Crippen LogP contribution in [-0.4, -0.2) is 32.6 Å². The van der Waals surface area contributed by atoms with Crippen LogP contribution < -0.4 is 10.6 Å². The second-order valence-corrected chi connectivity index (χ2v) is 7.82. The highest BCUT2D eigenvalue weighted by atomic mass is 16.2. The molecule has 0 saturated heterocycles. The molecule has 4 rings (SSSR count). The summed E-state index contributed by atoms with van der Waals surface area (Å²) in [5, 5.41) is 14.3. The van der Waals surface area contributed by atoms with Gasteiger partial charge in [0.25, 0.3) is 0 Å². The highest BCUT2D eigenvalue weighted by molar-refractivity contribution is 5.94. The Balaban J connectivity index is 1.13. The zero-order chi connectivity index (χ0) is 22.7. The summed E-state index contributed by atoms with van der Waals surface area (Å²) in [6, 6.07) is 21.6. The maximum Gasteiger partial charge on any atom is 0.319 e. The molecule has 168 valence electrons.